The molecule has 0 saturated heterocycles. The van der Waals surface area contributed by atoms with Gasteiger partial charge in [-0.2, -0.15) is 0 Å². The lowest BCUT2D eigenvalue weighted by Gasteiger charge is -2.06. The third-order valence-corrected chi connectivity index (χ3v) is 2.92. The van der Waals surface area contributed by atoms with Crippen LogP contribution >= 0.6 is 0 Å². The zero-order valence-corrected chi connectivity index (χ0v) is 14.1. The molecule has 119 valence electrons. The Morgan fingerprint density at radius 2 is 1.90 bits per heavy atom. The molecule has 0 bridgehead atoms. The molecule has 0 N–H and O–H groups in total. The number of rotatable bonds is 8. The van der Waals surface area contributed by atoms with Gasteiger partial charge in [0.15, 0.2) is 0 Å². The molecule has 0 aromatic carbocycles. The molecule has 0 aliphatic carbocycles. The molecule has 0 fully saturated rings. The van der Waals surface area contributed by atoms with Gasteiger partial charge in [0.05, 0.1) is 7.11 Å². The first-order valence-electron chi connectivity index (χ1n) is 7.93. The van der Waals surface area contributed by atoms with Crippen molar-refractivity contribution in [1.29, 1.82) is 0 Å². The van der Waals surface area contributed by atoms with Crippen molar-refractivity contribution in [3.8, 4) is 5.88 Å². The molecule has 0 unspecified atom stereocenters. The molecule has 1 heterocycles. The summed E-state index contributed by atoms with van der Waals surface area (Å²) in [5.41, 5.74) is 0.940. The molecule has 21 heavy (non-hydrogen) atoms. The van der Waals surface area contributed by atoms with Crippen molar-refractivity contribution in [3.05, 3.63) is 37.2 Å². The molecule has 0 aliphatic heterocycles. The lowest BCUT2D eigenvalue weighted by atomic mass is 10.1. The maximum absolute atomic E-state index is 5.07. The minimum Gasteiger partial charge on any atom is -0.480 e. The van der Waals surface area contributed by atoms with Crippen molar-refractivity contribution < 1.29 is 4.74 Å². The van der Waals surface area contributed by atoms with E-state index in [4.69, 9.17) is 4.74 Å². The van der Waals surface area contributed by atoms with E-state index in [1.807, 2.05) is 6.08 Å². The Hall–Kier alpha value is -1.38. The molecular formula is C18H31N2O. The molecule has 0 amide bonds. The fourth-order valence-electron chi connectivity index (χ4n) is 1.86. The maximum Gasteiger partial charge on any atom is 0.235 e. The first-order chi connectivity index (χ1) is 10.2. The summed E-state index contributed by atoms with van der Waals surface area (Å²) in [7, 11) is 1.62. The highest BCUT2D eigenvalue weighted by Crippen LogP contribution is 2.14. The highest BCUT2D eigenvalue weighted by molar-refractivity contribution is 5.17. The van der Waals surface area contributed by atoms with Crippen LogP contribution in [0.2, 0.25) is 0 Å². The largest absolute Gasteiger partial charge is 0.480 e. The van der Waals surface area contributed by atoms with Crippen molar-refractivity contribution in [2.45, 2.75) is 59.3 Å². The van der Waals surface area contributed by atoms with Crippen molar-refractivity contribution in [2.24, 2.45) is 5.92 Å². The zero-order valence-electron chi connectivity index (χ0n) is 14.1. The summed E-state index contributed by atoms with van der Waals surface area (Å²) in [5.74, 6) is 1.22. The van der Waals surface area contributed by atoms with Gasteiger partial charge in [0.25, 0.3) is 0 Å². The summed E-state index contributed by atoms with van der Waals surface area (Å²) in [6.07, 6.45) is 14.9. The van der Waals surface area contributed by atoms with Gasteiger partial charge in [0.1, 0.15) is 5.69 Å². The first-order valence-corrected chi connectivity index (χ1v) is 7.93. The number of ether oxygens (including phenoxy) is 1. The number of aromatic nitrogens is 2. The molecule has 1 aromatic rings. The summed E-state index contributed by atoms with van der Waals surface area (Å²) < 4.78 is 5.07. The van der Waals surface area contributed by atoms with Crippen LogP contribution in [0.25, 0.3) is 0 Å². The monoisotopic (exact) mass is 291 g/mol. The number of nitrogens with zero attached hydrogens (tertiary/aromatic N) is 2. The summed E-state index contributed by atoms with van der Waals surface area (Å²) in [6.45, 7) is 10.2. The van der Waals surface area contributed by atoms with Crippen LogP contribution in [0.3, 0.4) is 0 Å². The third kappa shape index (κ3) is 11.0. The second-order valence-corrected chi connectivity index (χ2v) is 5.43. The minimum absolute atomic E-state index is 0.579. The number of allylic oxidation sites excluding steroid dienone is 2. The maximum atomic E-state index is 5.07. The number of hydrogen-bond donors (Lipinski definition) is 0. The molecule has 1 aromatic heterocycles. The van der Waals surface area contributed by atoms with E-state index in [2.05, 4.69) is 43.7 Å². The molecule has 0 aliphatic rings. The molecule has 1 rings (SSSR count). The molecule has 0 saturated carbocycles. The highest BCUT2D eigenvalue weighted by Gasteiger charge is 2.06. The number of hydrogen-bond acceptors (Lipinski definition) is 3. The fourth-order valence-corrected chi connectivity index (χ4v) is 1.86. The fraction of sp³-hybridized carbons (Fsp3) is 0.611. The van der Waals surface area contributed by atoms with Crippen molar-refractivity contribution in [2.75, 3.05) is 7.11 Å². The Balaban J connectivity index is 0.000000400. The van der Waals surface area contributed by atoms with Gasteiger partial charge in [-0.1, -0.05) is 52.2 Å². The van der Waals surface area contributed by atoms with Crippen LogP contribution in [0, 0.1) is 12.8 Å². The normalized spacial score (nSPS) is 10.6. The minimum atomic E-state index is 0.579. The molecule has 1 radical (unpaired) electrons. The van der Waals surface area contributed by atoms with Gasteiger partial charge in [-0.25, -0.2) is 4.98 Å². The van der Waals surface area contributed by atoms with Gasteiger partial charge in [0.2, 0.25) is 5.88 Å². The van der Waals surface area contributed by atoms with Crippen LogP contribution in [-0.2, 0) is 6.42 Å². The van der Waals surface area contributed by atoms with Gasteiger partial charge in [-0.05, 0) is 32.1 Å². The van der Waals surface area contributed by atoms with E-state index in [1.54, 1.807) is 19.5 Å². The molecule has 0 atom stereocenters. The average molecular weight is 291 g/mol. The zero-order chi connectivity index (χ0) is 15.9. The van der Waals surface area contributed by atoms with Gasteiger partial charge in [-0.15, -0.1) is 0 Å². The van der Waals surface area contributed by atoms with E-state index in [0.717, 1.165) is 12.1 Å². The van der Waals surface area contributed by atoms with Crippen LogP contribution in [0.4, 0.5) is 0 Å². The van der Waals surface area contributed by atoms with Crippen molar-refractivity contribution in [3.63, 3.8) is 0 Å². The Kier molecular flexibility index (Phi) is 12.7. The molecule has 3 heteroatoms. The SMILES string of the molecule is COc1nccnc1CC(C)C.[CH2]C=CCCCCCC. The van der Waals surface area contributed by atoms with Crippen molar-refractivity contribution in [1.82, 2.24) is 9.97 Å². The van der Waals surface area contributed by atoms with E-state index in [1.165, 1.54) is 32.1 Å². The highest BCUT2D eigenvalue weighted by atomic mass is 16.5. The summed E-state index contributed by atoms with van der Waals surface area (Å²) in [5, 5.41) is 0. The first kappa shape index (κ1) is 19.6. The average Bonchev–Trinajstić information content (AvgIpc) is 2.48. The van der Waals surface area contributed by atoms with Crippen LogP contribution < -0.4 is 4.74 Å². The van der Waals surface area contributed by atoms with E-state index in [-0.39, 0.29) is 0 Å². The predicted molar refractivity (Wildman–Crippen MR) is 90.4 cm³/mol. The molecule has 3 nitrogen and oxygen atoms in total. The van der Waals surface area contributed by atoms with Gasteiger partial charge in [0, 0.05) is 12.4 Å². The van der Waals surface area contributed by atoms with Crippen LogP contribution in [0.1, 0.15) is 58.6 Å². The summed E-state index contributed by atoms with van der Waals surface area (Å²) >= 11 is 0. The van der Waals surface area contributed by atoms with Crippen molar-refractivity contribution >= 4 is 0 Å². The molecule has 0 spiro atoms. The third-order valence-electron chi connectivity index (χ3n) is 2.92. The van der Waals surface area contributed by atoms with E-state index in [9.17, 15) is 0 Å². The molecular weight excluding hydrogens is 260 g/mol. The topological polar surface area (TPSA) is 35.0 Å². The summed E-state index contributed by atoms with van der Waals surface area (Å²) in [6, 6.07) is 0. The number of unbranched alkanes of at least 4 members (excludes halogenated alkanes) is 4. The second kappa shape index (κ2) is 13.6. The Labute approximate surface area is 130 Å². The standard InChI is InChI=1S/C9H14N2O.C9H17/c1-7(2)6-8-9(12-3)11-5-4-10-8;1-3-5-7-9-8-6-4-2/h4-5,7H,6H2,1-3H3;3,5H,1,4,6-9H2,2H3. The lowest BCUT2D eigenvalue weighted by molar-refractivity contribution is 0.386. The van der Waals surface area contributed by atoms with Gasteiger partial charge in [-0.3, -0.25) is 4.98 Å². The Morgan fingerprint density at radius 1 is 1.19 bits per heavy atom. The van der Waals surface area contributed by atoms with Crippen LogP contribution in [0.15, 0.2) is 24.5 Å². The van der Waals surface area contributed by atoms with E-state index in [0.29, 0.717) is 11.8 Å². The second-order valence-electron chi connectivity index (χ2n) is 5.43. The van der Waals surface area contributed by atoms with E-state index < -0.39 is 0 Å². The van der Waals surface area contributed by atoms with E-state index >= 15 is 0 Å². The van der Waals surface area contributed by atoms with Gasteiger partial charge >= 0.3 is 0 Å². The smallest absolute Gasteiger partial charge is 0.235 e. The number of methoxy groups -OCH3 is 1. The van der Waals surface area contributed by atoms with Crippen LogP contribution in [-0.4, -0.2) is 17.1 Å². The Bertz CT molecular complexity index is 375. The quantitative estimate of drug-likeness (QED) is 0.630. The predicted octanol–water partition coefficient (Wildman–Crippen LogP) is 5.03. The lowest BCUT2D eigenvalue weighted by Crippen LogP contribution is -2.01. The van der Waals surface area contributed by atoms with Gasteiger partial charge < -0.3 is 4.74 Å². The van der Waals surface area contributed by atoms with Crippen LogP contribution in [0.5, 0.6) is 5.88 Å². The summed E-state index contributed by atoms with van der Waals surface area (Å²) in [4.78, 5) is 8.27. The Morgan fingerprint density at radius 3 is 2.48 bits per heavy atom.